The lowest BCUT2D eigenvalue weighted by molar-refractivity contribution is -0.119. The Bertz CT molecular complexity index is 1210. The van der Waals surface area contributed by atoms with Crippen molar-refractivity contribution in [2.24, 2.45) is 0 Å². The van der Waals surface area contributed by atoms with Crippen LogP contribution >= 0.6 is 22.6 Å². The van der Waals surface area contributed by atoms with Gasteiger partial charge in [-0.25, -0.2) is 4.79 Å². The smallest absolute Gasteiger partial charge is 0.338 e. The molecule has 0 atom stereocenters. The van der Waals surface area contributed by atoms with Crippen LogP contribution in [0.3, 0.4) is 0 Å². The van der Waals surface area contributed by atoms with Crippen LogP contribution in [0.1, 0.15) is 17.3 Å². The molecule has 1 N–H and O–H groups in total. The molecule has 0 saturated heterocycles. The van der Waals surface area contributed by atoms with Crippen LogP contribution in [0.25, 0.3) is 21.8 Å². The number of esters is 1. The molecule has 1 heterocycles. The minimum Gasteiger partial charge on any atom is -0.452 e. The Balaban J connectivity index is 1.49. The number of hydrogen-bond acceptors (Lipinski definition) is 3. The van der Waals surface area contributed by atoms with E-state index in [9.17, 15) is 9.59 Å². The van der Waals surface area contributed by atoms with Gasteiger partial charge in [0.1, 0.15) is 0 Å². The Hall–Kier alpha value is -2.87. The van der Waals surface area contributed by atoms with Crippen LogP contribution in [0.2, 0.25) is 0 Å². The van der Waals surface area contributed by atoms with Crippen molar-refractivity contribution < 1.29 is 14.3 Å². The molecule has 0 unspecified atom stereocenters. The lowest BCUT2D eigenvalue weighted by Crippen LogP contribution is -2.20. The second-order valence-electron chi connectivity index (χ2n) is 6.62. The molecule has 0 aliphatic rings. The Morgan fingerprint density at radius 2 is 1.69 bits per heavy atom. The molecule has 0 aliphatic heterocycles. The first-order chi connectivity index (χ1) is 14.1. The minimum absolute atomic E-state index is 0.334. The first-order valence-electron chi connectivity index (χ1n) is 9.30. The van der Waals surface area contributed by atoms with Crippen molar-refractivity contribution in [3.8, 4) is 0 Å². The molecule has 0 radical (unpaired) electrons. The number of anilines is 1. The van der Waals surface area contributed by atoms with Crippen molar-refractivity contribution in [3.05, 3.63) is 75.9 Å². The van der Waals surface area contributed by atoms with Gasteiger partial charge in [0.25, 0.3) is 5.91 Å². The Morgan fingerprint density at radius 1 is 0.966 bits per heavy atom. The predicted octanol–water partition coefficient (Wildman–Crippen LogP) is 5.21. The largest absolute Gasteiger partial charge is 0.452 e. The van der Waals surface area contributed by atoms with E-state index in [4.69, 9.17) is 4.74 Å². The summed E-state index contributed by atoms with van der Waals surface area (Å²) in [6.45, 7) is 2.65. The maximum Gasteiger partial charge on any atom is 0.338 e. The highest BCUT2D eigenvalue weighted by Crippen LogP contribution is 2.30. The van der Waals surface area contributed by atoms with Crippen molar-refractivity contribution in [2.75, 3.05) is 11.9 Å². The predicted molar refractivity (Wildman–Crippen MR) is 123 cm³/mol. The second kappa shape index (κ2) is 8.24. The molecule has 3 aromatic carbocycles. The summed E-state index contributed by atoms with van der Waals surface area (Å²) in [5.41, 5.74) is 3.38. The van der Waals surface area contributed by atoms with Crippen molar-refractivity contribution in [2.45, 2.75) is 13.5 Å². The fourth-order valence-electron chi connectivity index (χ4n) is 3.47. The third-order valence-electron chi connectivity index (χ3n) is 4.79. The number of nitrogens with zero attached hydrogens (tertiary/aromatic N) is 1. The van der Waals surface area contributed by atoms with E-state index in [0.717, 1.165) is 26.4 Å². The molecule has 29 heavy (non-hydrogen) atoms. The van der Waals surface area contributed by atoms with Gasteiger partial charge in [0.15, 0.2) is 6.61 Å². The van der Waals surface area contributed by atoms with Crippen LogP contribution < -0.4 is 5.32 Å². The van der Waals surface area contributed by atoms with Gasteiger partial charge in [-0.2, -0.15) is 0 Å². The molecular formula is C23H19IN2O3. The third-order valence-corrected chi connectivity index (χ3v) is 5.51. The number of aryl methyl sites for hydroxylation is 1. The van der Waals surface area contributed by atoms with E-state index in [1.54, 1.807) is 12.1 Å². The quantitative estimate of drug-likeness (QED) is 0.304. The molecule has 6 heteroatoms. The van der Waals surface area contributed by atoms with Gasteiger partial charge in [-0.05, 0) is 78.0 Å². The summed E-state index contributed by atoms with van der Waals surface area (Å²) in [5.74, 6) is -0.888. The number of carbonyl (C=O) groups excluding carboxylic acids is 2. The number of fused-ring (bicyclic) bond motifs is 3. The summed E-state index contributed by atoms with van der Waals surface area (Å²) in [6, 6.07) is 21.0. The van der Waals surface area contributed by atoms with Gasteiger partial charge < -0.3 is 14.6 Å². The van der Waals surface area contributed by atoms with Gasteiger partial charge in [0.05, 0.1) is 5.56 Å². The van der Waals surface area contributed by atoms with Crippen LogP contribution in [-0.4, -0.2) is 23.1 Å². The Labute approximate surface area is 181 Å². The number of halogens is 1. The Kier molecular flexibility index (Phi) is 5.53. The van der Waals surface area contributed by atoms with Crippen LogP contribution in [-0.2, 0) is 16.1 Å². The summed E-state index contributed by atoms with van der Waals surface area (Å²) in [7, 11) is 0. The van der Waals surface area contributed by atoms with Crippen molar-refractivity contribution in [1.82, 2.24) is 4.57 Å². The number of ether oxygens (including phenoxy) is 1. The first kappa shape index (κ1) is 19.4. The monoisotopic (exact) mass is 498 g/mol. The highest BCUT2D eigenvalue weighted by atomic mass is 127. The van der Waals surface area contributed by atoms with Gasteiger partial charge in [-0.15, -0.1) is 0 Å². The van der Waals surface area contributed by atoms with E-state index in [-0.39, 0.29) is 12.5 Å². The van der Waals surface area contributed by atoms with Gasteiger partial charge in [0, 0.05) is 37.6 Å². The normalized spacial score (nSPS) is 11.0. The third kappa shape index (κ3) is 3.98. The number of para-hydroxylation sites is 1. The van der Waals surface area contributed by atoms with Crippen LogP contribution in [0.5, 0.6) is 0 Å². The number of nitrogens with one attached hydrogen (secondary N) is 1. The molecule has 4 aromatic rings. The van der Waals surface area contributed by atoms with Crippen LogP contribution in [0.15, 0.2) is 66.7 Å². The van der Waals surface area contributed by atoms with Gasteiger partial charge >= 0.3 is 5.97 Å². The zero-order valence-electron chi connectivity index (χ0n) is 15.8. The van der Waals surface area contributed by atoms with Gasteiger partial charge in [0.2, 0.25) is 0 Å². The average molecular weight is 498 g/mol. The molecule has 0 aliphatic carbocycles. The molecule has 0 spiro atoms. The molecule has 5 nitrogen and oxygen atoms in total. The molecule has 4 rings (SSSR count). The maximum atomic E-state index is 12.3. The summed E-state index contributed by atoms with van der Waals surface area (Å²) < 4.78 is 8.40. The van der Waals surface area contributed by atoms with Crippen LogP contribution in [0.4, 0.5) is 5.69 Å². The molecule has 1 aromatic heterocycles. The highest BCUT2D eigenvalue weighted by molar-refractivity contribution is 14.1. The molecular weight excluding hydrogens is 479 g/mol. The van der Waals surface area contributed by atoms with Gasteiger partial charge in [-0.1, -0.05) is 18.2 Å². The summed E-state index contributed by atoms with van der Waals surface area (Å²) in [4.78, 5) is 24.3. The van der Waals surface area contributed by atoms with Gasteiger partial charge in [-0.3, -0.25) is 4.79 Å². The number of carbonyl (C=O) groups is 2. The SMILES string of the molecule is CCn1c2ccccc2c2cc(NC(=O)COC(=O)c3ccc(I)cc3)ccc21. The number of rotatable bonds is 5. The zero-order chi connectivity index (χ0) is 20.4. The van der Waals surface area contributed by atoms with Crippen molar-refractivity contribution in [3.63, 3.8) is 0 Å². The molecule has 0 bridgehead atoms. The maximum absolute atomic E-state index is 12.3. The molecule has 146 valence electrons. The zero-order valence-corrected chi connectivity index (χ0v) is 18.0. The second-order valence-corrected chi connectivity index (χ2v) is 7.87. The molecule has 0 saturated carbocycles. The number of benzene rings is 3. The summed E-state index contributed by atoms with van der Waals surface area (Å²) >= 11 is 2.16. The molecule has 1 amide bonds. The van der Waals surface area contributed by atoms with E-state index in [2.05, 4.69) is 51.5 Å². The van der Waals surface area contributed by atoms with E-state index >= 15 is 0 Å². The lowest BCUT2D eigenvalue weighted by atomic mass is 10.1. The van der Waals surface area contributed by atoms with Crippen molar-refractivity contribution >= 4 is 62.0 Å². The number of hydrogen-bond donors (Lipinski definition) is 1. The van der Waals surface area contributed by atoms with E-state index in [0.29, 0.717) is 11.3 Å². The summed E-state index contributed by atoms with van der Waals surface area (Å²) in [6.07, 6.45) is 0. The average Bonchev–Trinajstić information content (AvgIpc) is 3.05. The fourth-order valence-corrected chi connectivity index (χ4v) is 3.83. The van der Waals surface area contributed by atoms with E-state index < -0.39 is 5.97 Å². The van der Waals surface area contributed by atoms with Crippen LogP contribution in [0, 0.1) is 3.57 Å². The number of amides is 1. The Morgan fingerprint density at radius 3 is 2.45 bits per heavy atom. The first-order valence-corrected chi connectivity index (χ1v) is 10.4. The minimum atomic E-state index is -0.516. The standard InChI is InChI=1S/C23H19IN2O3/c1-2-26-20-6-4-3-5-18(20)19-13-17(11-12-21(19)26)25-22(27)14-29-23(28)15-7-9-16(24)10-8-15/h3-13H,2,14H2,1H3,(H,25,27). The van der Waals surface area contributed by atoms with Crippen molar-refractivity contribution in [1.29, 1.82) is 0 Å². The van der Waals surface area contributed by atoms with E-state index in [1.807, 2.05) is 42.5 Å². The summed E-state index contributed by atoms with van der Waals surface area (Å²) in [5, 5.41) is 5.04. The highest BCUT2D eigenvalue weighted by Gasteiger charge is 2.13. The topological polar surface area (TPSA) is 60.3 Å². The molecule has 0 fully saturated rings. The van der Waals surface area contributed by atoms with E-state index in [1.165, 1.54) is 5.52 Å². The lowest BCUT2D eigenvalue weighted by Gasteiger charge is -2.08. The number of aromatic nitrogens is 1. The fraction of sp³-hybridized carbons (Fsp3) is 0.130.